The largest absolute Gasteiger partial charge is 0.390 e. The molecule has 15 heavy (non-hydrogen) atoms. The molecule has 1 aliphatic heterocycles. The minimum atomic E-state index is -0.569. The molecule has 86 valence electrons. The van der Waals surface area contributed by atoms with E-state index in [1.165, 1.54) is 12.8 Å². The van der Waals surface area contributed by atoms with Gasteiger partial charge in [-0.3, -0.25) is 4.79 Å². The highest BCUT2D eigenvalue weighted by Gasteiger charge is 2.30. The van der Waals surface area contributed by atoms with E-state index in [9.17, 15) is 9.90 Å². The maximum Gasteiger partial charge on any atom is 0.236 e. The maximum absolute atomic E-state index is 11.7. The summed E-state index contributed by atoms with van der Waals surface area (Å²) in [5.41, 5.74) is -0.569. The molecule has 1 amide bonds. The van der Waals surface area contributed by atoms with Crippen molar-refractivity contribution < 1.29 is 9.90 Å². The highest BCUT2D eigenvalue weighted by Crippen LogP contribution is 2.21. The fraction of sp³-hybridized carbons (Fsp3) is 0.909. The van der Waals surface area contributed by atoms with Gasteiger partial charge in [-0.25, -0.2) is 0 Å². The van der Waals surface area contributed by atoms with Crippen LogP contribution in [0.1, 0.15) is 32.6 Å². The second-order valence-corrected chi connectivity index (χ2v) is 5.03. The van der Waals surface area contributed by atoms with Gasteiger partial charge >= 0.3 is 0 Å². The molecule has 4 nitrogen and oxygen atoms in total. The van der Waals surface area contributed by atoms with Crippen molar-refractivity contribution in [1.82, 2.24) is 10.2 Å². The molecule has 4 heteroatoms. The van der Waals surface area contributed by atoms with Gasteiger partial charge in [-0.15, -0.1) is 0 Å². The molecule has 0 bridgehead atoms. The van der Waals surface area contributed by atoms with Crippen molar-refractivity contribution in [2.24, 2.45) is 0 Å². The number of hydrogen-bond acceptors (Lipinski definition) is 3. The Morgan fingerprint density at radius 3 is 2.60 bits per heavy atom. The lowest BCUT2D eigenvalue weighted by Crippen LogP contribution is -2.47. The van der Waals surface area contributed by atoms with Crippen molar-refractivity contribution in [3.05, 3.63) is 0 Å². The number of rotatable bonds is 3. The number of piperidine rings is 1. The molecule has 0 aromatic carbocycles. The Morgan fingerprint density at radius 1 is 1.47 bits per heavy atom. The summed E-state index contributed by atoms with van der Waals surface area (Å²) in [6.07, 6.45) is 3.81. The third kappa shape index (κ3) is 3.18. The van der Waals surface area contributed by atoms with Crippen LogP contribution in [0.4, 0.5) is 0 Å². The van der Waals surface area contributed by atoms with Crippen molar-refractivity contribution in [1.29, 1.82) is 0 Å². The first-order valence-corrected chi connectivity index (χ1v) is 5.80. The van der Waals surface area contributed by atoms with E-state index in [1.54, 1.807) is 0 Å². The lowest BCUT2D eigenvalue weighted by molar-refractivity contribution is -0.133. The Bertz CT molecular complexity index is 239. The Balaban J connectivity index is 1.71. The number of hydrogen-bond donors (Lipinski definition) is 2. The molecule has 2 fully saturated rings. The van der Waals surface area contributed by atoms with Gasteiger partial charge < -0.3 is 15.3 Å². The average molecular weight is 212 g/mol. The van der Waals surface area contributed by atoms with Crippen LogP contribution in [0.3, 0.4) is 0 Å². The standard InChI is InChI=1S/C11H20N2O2/c1-11(15)4-6-13(7-5-11)10(14)8-12-9-2-3-9/h9,12,15H,2-8H2,1H3. The third-order valence-corrected chi connectivity index (χ3v) is 3.31. The van der Waals surface area contributed by atoms with Crippen LogP contribution in [0.25, 0.3) is 0 Å². The second-order valence-electron chi connectivity index (χ2n) is 5.03. The molecule has 0 aromatic heterocycles. The first kappa shape index (κ1) is 10.9. The first-order valence-electron chi connectivity index (χ1n) is 5.80. The minimum absolute atomic E-state index is 0.178. The number of nitrogens with one attached hydrogen (secondary N) is 1. The number of amides is 1. The summed E-state index contributed by atoms with van der Waals surface area (Å²) in [5.74, 6) is 0.178. The average Bonchev–Trinajstić information content (AvgIpc) is 2.97. The van der Waals surface area contributed by atoms with E-state index >= 15 is 0 Å². The zero-order valence-corrected chi connectivity index (χ0v) is 9.33. The molecule has 2 rings (SSSR count). The van der Waals surface area contributed by atoms with Crippen molar-refractivity contribution >= 4 is 5.91 Å². The molecular weight excluding hydrogens is 192 g/mol. The summed E-state index contributed by atoms with van der Waals surface area (Å²) in [4.78, 5) is 13.6. The molecule has 0 aromatic rings. The van der Waals surface area contributed by atoms with Crippen molar-refractivity contribution in [2.45, 2.75) is 44.2 Å². The predicted octanol–water partition coefficient (Wildman–Crippen LogP) is 0.112. The maximum atomic E-state index is 11.7. The lowest BCUT2D eigenvalue weighted by atomic mass is 9.94. The second kappa shape index (κ2) is 4.10. The van der Waals surface area contributed by atoms with E-state index in [1.807, 2.05) is 11.8 Å². The zero-order chi connectivity index (χ0) is 10.9. The summed E-state index contributed by atoms with van der Waals surface area (Å²) >= 11 is 0. The van der Waals surface area contributed by atoms with Crippen LogP contribution in [-0.4, -0.2) is 47.2 Å². The highest BCUT2D eigenvalue weighted by molar-refractivity contribution is 5.78. The predicted molar refractivity (Wildman–Crippen MR) is 57.5 cm³/mol. The molecule has 1 heterocycles. The van der Waals surface area contributed by atoms with Crippen molar-refractivity contribution in [3.8, 4) is 0 Å². The summed E-state index contributed by atoms with van der Waals surface area (Å²) in [6.45, 7) is 3.69. The molecule has 2 N–H and O–H groups in total. The van der Waals surface area contributed by atoms with Gasteiger partial charge in [0.25, 0.3) is 0 Å². The molecule has 0 radical (unpaired) electrons. The topological polar surface area (TPSA) is 52.6 Å². The molecule has 1 saturated heterocycles. The van der Waals surface area contributed by atoms with Crippen LogP contribution < -0.4 is 5.32 Å². The number of carbonyl (C=O) groups is 1. The van der Waals surface area contributed by atoms with E-state index in [4.69, 9.17) is 0 Å². The van der Waals surface area contributed by atoms with Crippen LogP contribution >= 0.6 is 0 Å². The molecule has 0 spiro atoms. The van der Waals surface area contributed by atoms with Gasteiger partial charge in [-0.05, 0) is 32.6 Å². The molecule has 1 saturated carbocycles. The lowest BCUT2D eigenvalue weighted by Gasteiger charge is -2.35. The van der Waals surface area contributed by atoms with Crippen molar-refractivity contribution in [2.75, 3.05) is 19.6 Å². The molecule has 2 aliphatic rings. The Kier molecular flexibility index (Phi) is 2.98. The number of aliphatic hydroxyl groups is 1. The smallest absolute Gasteiger partial charge is 0.236 e. The highest BCUT2D eigenvalue weighted by atomic mass is 16.3. The van der Waals surface area contributed by atoms with Gasteiger partial charge in [-0.1, -0.05) is 0 Å². The normalized spacial score (nSPS) is 25.3. The van der Waals surface area contributed by atoms with E-state index in [-0.39, 0.29) is 5.91 Å². The van der Waals surface area contributed by atoms with Gasteiger partial charge in [0.15, 0.2) is 0 Å². The van der Waals surface area contributed by atoms with Crippen LogP contribution in [0.2, 0.25) is 0 Å². The fourth-order valence-corrected chi connectivity index (χ4v) is 1.87. The van der Waals surface area contributed by atoms with E-state index in [0.29, 0.717) is 38.5 Å². The molecular formula is C11H20N2O2. The van der Waals surface area contributed by atoms with Gasteiger partial charge in [0, 0.05) is 19.1 Å². The Morgan fingerprint density at radius 2 is 2.07 bits per heavy atom. The van der Waals surface area contributed by atoms with Gasteiger partial charge in [0.1, 0.15) is 0 Å². The van der Waals surface area contributed by atoms with Gasteiger partial charge in [-0.2, -0.15) is 0 Å². The van der Waals surface area contributed by atoms with E-state index < -0.39 is 5.60 Å². The Labute approximate surface area is 90.6 Å². The molecule has 0 unspecified atom stereocenters. The number of likely N-dealkylation sites (tertiary alicyclic amines) is 1. The van der Waals surface area contributed by atoms with E-state index in [0.717, 1.165) is 0 Å². The van der Waals surface area contributed by atoms with Crippen LogP contribution in [0.5, 0.6) is 0 Å². The zero-order valence-electron chi connectivity index (χ0n) is 9.33. The van der Waals surface area contributed by atoms with Crippen molar-refractivity contribution in [3.63, 3.8) is 0 Å². The third-order valence-electron chi connectivity index (χ3n) is 3.31. The van der Waals surface area contributed by atoms with Gasteiger partial charge in [0.2, 0.25) is 5.91 Å². The molecule has 1 aliphatic carbocycles. The first-order chi connectivity index (χ1) is 7.07. The minimum Gasteiger partial charge on any atom is -0.390 e. The Hall–Kier alpha value is -0.610. The summed E-state index contributed by atoms with van der Waals surface area (Å²) < 4.78 is 0. The fourth-order valence-electron chi connectivity index (χ4n) is 1.87. The van der Waals surface area contributed by atoms with Crippen LogP contribution in [0.15, 0.2) is 0 Å². The van der Waals surface area contributed by atoms with Gasteiger partial charge in [0.05, 0.1) is 12.1 Å². The quantitative estimate of drug-likeness (QED) is 0.698. The number of nitrogens with zero attached hydrogens (tertiary/aromatic N) is 1. The van der Waals surface area contributed by atoms with Crippen LogP contribution in [0, 0.1) is 0 Å². The monoisotopic (exact) mass is 212 g/mol. The summed E-state index contributed by atoms with van der Waals surface area (Å²) in [7, 11) is 0. The SMILES string of the molecule is CC1(O)CCN(C(=O)CNC2CC2)CC1. The number of carbonyl (C=O) groups excluding carboxylic acids is 1. The summed E-state index contributed by atoms with van der Waals surface area (Å²) in [5, 5.41) is 13.0. The van der Waals surface area contributed by atoms with E-state index in [2.05, 4.69) is 5.32 Å². The molecule has 0 atom stereocenters. The summed E-state index contributed by atoms with van der Waals surface area (Å²) in [6, 6.07) is 0.585. The van der Waals surface area contributed by atoms with Crippen LogP contribution in [-0.2, 0) is 4.79 Å².